The molecule has 2 N–H and O–H groups in total. The summed E-state index contributed by atoms with van der Waals surface area (Å²) < 4.78 is 5.63. The Morgan fingerprint density at radius 3 is 3.00 bits per heavy atom. The summed E-state index contributed by atoms with van der Waals surface area (Å²) in [6.45, 7) is 8.22. The van der Waals surface area contributed by atoms with Gasteiger partial charge in [-0.1, -0.05) is 6.07 Å². The van der Waals surface area contributed by atoms with Crippen LogP contribution in [0, 0.1) is 12.8 Å². The van der Waals surface area contributed by atoms with E-state index in [4.69, 9.17) is 4.74 Å². The molecular weight excluding hydrogens is 276 g/mol. The second kappa shape index (κ2) is 9.41. The van der Waals surface area contributed by atoms with Gasteiger partial charge in [0.1, 0.15) is 0 Å². The zero-order chi connectivity index (χ0) is 15.6. The van der Waals surface area contributed by atoms with Crippen LogP contribution in [-0.2, 0) is 11.3 Å². The molecule has 0 aromatic carbocycles. The fourth-order valence-corrected chi connectivity index (χ4v) is 2.10. The summed E-state index contributed by atoms with van der Waals surface area (Å²) in [6.07, 6.45) is 5.51. The number of hydrogen-bond donors (Lipinski definition) is 2. The van der Waals surface area contributed by atoms with E-state index in [9.17, 15) is 0 Å². The fourth-order valence-electron chi connectivity index (χ4n) is 2.10. The van der Waals surface area contributed by atoms with Gasteiger partial charge < -0.3 is 15.4 Å². The lowest BCUT2D eigenvalue weighted by molar-refractivity contribution is 0.123. The van der Waals surface area contributed by atoms with Crippen LogP contribution >= 0.6 is 0 Å². The average Bonchev–Trinajstić information content (AvgIpc) is 3.33. The van der Waals surface area contributed by atoms with Crippen LogP contribution in [0.1, 0.15) is 37.4 Å². The van der Waals surface area contributed by atoms with Crippen molar-refractivity contribution in [3.05, 3.63) is 29.6 Å². The molecule has 1 aromatic rings. The molecule has 0 aliphatic heterocycles. The van der Waals surface area contributed by atoms with E-state index in [1.807, 2.05) is 12.3 Å². The molecular formula is C17H28N4O. The molecule has 0 amide bonds. The van der Waals surface area contributed by atoms with Crippen molar-refractivity contribution < 1.29 is 4.74 Å². The normalized spacial score (nSPS) is 14.9. The van der Waals surface area contributed by atoms with E-state index in [2.05, 4.69) is 40.5 Å². The number of ether oxygens (including phenoxy) is 1. The molecule has 1 fully saturated rings. The Hall–Kier alpha value is -1.62. The fraction of sp³-hybridized carbons (Fsp3) is 0.647. The lowest BCUT2D eigenvalue weighted by atomic mass is 10.2. The Kier molecular flexibility index (Phi) is 7.16. The Morgan fingerprint density at radius 1 is 1.41 bits per heavy atom. The van der Waals surface area contributed by atoms with Gasteiger partial charge in [0, 0.05) is 32.5 Å². The van der Waals surface area contributed by atoms with Gasteiger partial charge >= 0.3 is 0 Å². The Balaban J connectivity index is 1.68. The van der Waals surface area contributed by atoms with Crippen LogP contribution in [0.2, 0.25) is 0 Å². The van der Waals surface area contributed by atoms with Crippen LogP contribution in [0.5, 0.6) is 0 Å². The maximum atomic E-state index is 5.63. The molecule has 5 heteroatoms. The number of aromatic nitrogens is 1. The predicted octanol–water partition coefficient (Wildman–Crippen LogP) is 2.26. The minimum Gasteiger partial charge on any atom is -0.381 e. The second-order valence-corrected chi connectivity index (χ2v) is 5.76. The van der Waals surface area contributed by atoms with Crippen molar-refractivity contribution in [3.63, 3.8) is 0 Å². The van der Waals surface area contributed by atoms with E-state index in [1.54, 1.807) is 0 Å². The third kappa shape index (κ3) is 6.43. The molecule has 1 aromatic heterocycles. The molecule has 1 saturated carbocycles. The molecule has 0 spiro atoms. The molecule has 1 aliphatic carbocycles. The maximum absolute atomic E-state index is 5.63. The van der Waals surface area contributed by atoms with Crippen LogP contribution < -0.4 is 10.6 Å². The van der Waals surface area contributed by atoms with Gasteiger partial charge in [-0.15, -0.1) is 0 Å². The largest absolute Gasteiger partial charge is 0.381 e. The monoisotopic (exact) mass is 304 g/mol. The zero-order valence-corrected chi connectivity index (χ0v) is 13.8. The summed E-state index contributed by atoms with van der Waals surface area (Å²) >= 11 is 0. The molecule has 0 unspecified atom stereocenters. The first-order valence-corrected chi connectivity index (χ1v) is 8.30. The Bertz CT molecular complexity index is 471. The first-order valence-electron chi connectivity index (χ1n) is 8.30. The van der Waals surface area contributed by atoms with E-state index in [1.165, 1.54) is 18.4 Å². The molecule has 1 aliphatic rings. The van der Waals surface area contributed by atoms with Crippen LogP contribution in [-0.4, -0.2) is 37.2 Å². The number of aryl methyl sites for hydroxylation is 1. The first kappa shape index (κ1) is 16.7. The molecule has 0 radical (unpaired) electrons. The van der Waals surface area contributed by atoms with E-state index >= 15 is 0 Å². The number of rotatable bonds is 9. The average molecular weight is 304 g/mol. The number of nitrogens with one attached hydrogen (secondary N) is 2. The summed E-state index contributed by atoms with van der Waals surface area (Å²) in [7, 11) is 0. The summed E-state index contributed by atoms with van der Waals surface area (Å²) in [5, 5.41) is 6.61. The smallest absolute Gasteiger partial charge is 0.191 e. The van der Waals surface area contributed by atoms with Crippen molar-refractivity contribution in [1.82, 2.24) is 15.6 Å². The van der Waals surface area contributed by atoms with Crippen LogP contribution in [0.3, 0.4) is 0 Å². The van der Waals surface area contributed by atoms with Crippen molar-refractivity contribution >= 4 is 5.96 Å². The molecule has 1 heterocycles. The predicted molar refractivity (Wildman–Crippen MR) is 90.0 cm³/mol. The molecule has 2 rings (SSSR count). The third-order valence-electron chi connectivity index (χ3n) is 3.66. The van der Waals surface area contributed by atoms with Gasteiger partial charge in [-0.25, -0.2) is 4.99 Å². The standard InChI is InChI=1S/C17H28N4O/c1-3-18-17(20-10-5-11-22-13-15-7-8-15)21-12-16-14(2)6-4-9-19-16/h4,6,9,15H,3,5,7-8,10-13H2,1-2H3,(H2,18,20,21). The Labute approximate surface area is 133 Å². The Morgan fingerprint density at radius 2 is 2.27 bits per heavy atom. The van der Waals surface area contributed by atoms with Gasteiger partial charge in [-0.3, -0.25) is 4.98 Å². The summed E-state index contributed by atoms with van der Waals surface area (Å²) in [5.41, 5.74) is 2.20. The molecule has 0 bridgehead atoms. The van der Waals surface area contributed by atoms with Gasteiger partial charge in [0.25, 0.3) is 0 Å². The van der Waals surface area contributed by atoms with Gasteiger partial charge in [0.2, 0.25) is 0 Å². The lowest BCUT2D eigenvalue weighted by Gasteiger charge is -2.11. The van der Waals surface area contributed by atoms with Gasteiger partial charge in [0.15, 0.2) is 5.96 Å². The van der Waals surface area contributed by atoms with Crippen LogP contribution in [0.25, 0.3) is 0 Å². The van der Waals surface area contributed by atoms with Crippen LogP contribution in [0.4, 0.5) is 0 Å². The molecule has 0 atom stereocenters. The van der Waals surface area contributed by atoms with Crippen molar-refractivity contribution in [2.45, 2.75) is 39.7 Å². The molecule has 0 saturated heterocycles. The molecule has 22 heavy (non-hydrogen) atoms. The van der Waals surface area contributed by atoms with E-state index in [-0.39, 0.29) is 0 Å². The summed E-state index contributed by atoms with van der Waals surface area (Å²) in [6, 6.07) is 4.02. The highest BCUT2D eigenvalue weighted by Crippen LogP contribution is 2.28. The highest BCUT2D eigenvalue weighted by molar-refractivity contribution is 5.79. The number of pyridine rings is 1. The van der Waals surface area contributed by atoms with Crippen molar-refractivity contribution in [2.75, 3.05) is 26.3 Å². The summed E-state index contributed by atoms with van der Waals surface area (Å²) in [4.78, 5) is 8.96. The van der Waals surface area contributed by atoms with Gasteiger partial charge in [-0.05, 0) is 50.7 Å². The zero-order valence-electron chi connectivity index (χ0n) is 13.8. The van der Waals surface area contributed by atoms with Crippen molar-refractivity contribution in [3.8, 4) is 0 Å². The number of hydrogen-bond acceptors (Lipinski definition) is 3. The molecule has 5 nitrogen and oxygen atoms in total. The SMILES string of the molecule is CCNC(=NCc1ncccc1C)NCCCOCC1CC1. The third-order valence-corrected chi connectivity index (χ3v) is 3.66. The van der Waals surface area contributed by atoms with Crippen molar-refractivity contribution in [1.29, 1.82) is 0 Å². The van der Waals surface area contributed by atoms with Crippen LogP contribution in [0.15, 0.2) is 23.3 Å². The summed E-state index contributed by atoms with van der Waals surface area (Å²) in [5.74, 6) is 1.68. The highest BCUT2D eigenvalue weighted by Gasteiger charge is 2.20. The number of nitrogens with zero attached hydrogens (tertiary/aromatic N) is 2. The minimum atomic E-state index is 0.597. The van der Waals surface area contributed by atoms with Gasteiger partial charge in [-0.2, -0.15) is 0 Å². The second-order valence-electron chi connectivity index (χ2n) is 5.76. The van der Waals surface area contributed by atoms with E-state index in [0.29, 0.717) is 6.54 Å². The number of aliphatic imine (C=N–C) groups is 1. The van der Waals surface area contributed by atoms with Crippen molar-refractivity contribution in [2.24, 2.45) is 10.9 Å². The topological polar surface area (TPSA) is 58.5 Å². The van der Waals surface area contributed by atoms with Gasteiger partial charge in [0.05, 0.1) is 12.2 Å². The number of guanidine groups is 1. The van der Waals surface area contributed by atoms with E-state index < -0.39 is 0 Å². The molecule has 122 valence electrons. The highest BCUT2D eigenvalue weighted by atomic mass is 16.5. The lowest BCUT2D eigenvalue weighted by Crippen LogP contribution is -2.38. The first-order chi connectivity index (χ1) is 10.8. The minimum absolute atomic E-state index is 0.597. The van der Waals surface area contributed by atoms with E-state index in [0.717, 1.165) is 50.3 Å². The quantitative estimate of drug-likeness (QED) is 0.417. The maximum Gasteiger partial charge on any atom is 0.191 e.